The number of ether oxygens (including phenoxy) is 1. The van der Waals surface area contributed by atoms with Crippen molar-refractivity contribution in [3.8, 4) is 0 Å². The minimum atomic E-state index is -0.688. The van der Waals surface area contributed by atoms with E-state index in [2.05, 4.69) is 25.5 Å². The van der Waals surface area contributed by atoms with Crippen LogP contribution in [0.25, 0.3) is 10.9 Å². The Hall–Kier alpha value is -3.37. The molecule has 10 heteroatoms. The molecule has 0 spiro atoms. The summed E-state index contributed by atoms with van der Waals surface area (Å²) >= 11 is 0. The molecule has 2 unspecified atom stereocenters. The SMILES string of the molecule is Cc1c(CC2CCC(C(N)=O)N2)nc2cc(F)cc(F)c2c1Nc1cncc(N2CCOCC2)c1. The highest BCUT2D eigenvalue weighted by Gasteiger charge is 2.29. The summed E-state index contributed by atoms with van der Waals surface area (Å²) in [6.07, 6.45) is 5.38. The number of rotatable bonds is 6. The van der Waals surface area contributed by atoms with Gasteiger partial charge in [0, 0.05) is 43.4 Å². The molecule has 2 aromatic heterocycles. The van der Waals surface area contributed by atoms with E-state index in [1.807, 2.05) is 13.0 Å². The maximum atomic E-state index is 15.0. The van der Waals surface area contributed by atoms with Gasteiger partial charge in [-0.1, -0.05) is 0 Å². The van der Waals surface area contributed by atoms with Gasteiger partial charge in [0.05, 0.1) is 59.6 Å². The van der Waals surface area contributed by atoms with Gasteiger partial charge in [-0.2, -0.15) is 0 Å². The second-order valence-corrected chi connectivity index (χ2v) is 9.10. The van der Waals surface area contributed by atoms with Gasteiger partial charge in [-0.05, 0) is 31.4 Å². The first-order chi connectivity index (χ1) is 16.9. The average molecular weight is 483 g/mol. The van der Waals surface area contributed by atoms with Crippen LogP contribution in [0.1, 0.15) is 24.1 Å². The fourth-order valence-corrected chi connectivity index (χ4v) is 4.88. The lowest BCUT2D eigenvalue weighted by Gasteiger charge is -2.29. The molecule has 8 nitrogen and oxygen atoms in total. The molecule has 4 N–H and O–H groups in total. The molecule has 0 aliphatic carbocycles. The highest BCUT2D eigenvalue weighted by molar-refractivity contribution is 5.96. The molecule has 0 saturated carbocycles. The van der Waals surface area contributed by atoms with Crippen LogP contribution in [0.5, 0.6) is 0 Å². The normalized spacial score (nSPS) is 20.4. The Morgan fingerprint density at radius 3 is 2.77 bits per heavy atom. The van der Waals surface area contributed by atoms with Crippen LogP contribution in [-0.4, -0.2) is 54.3 Å². The quantitative estimate of drug-likeness (QED) is 0.496. The standard InChI is InChI=1S/C25H28F2N6O2/c1-14-21(11-16-2-3-20(30-16)25(28)34)32-22-9-15(26)8-19(27)23(22)24(14)31-17-10-18(13-29-12-17)33-4-6-35-7-5-33/h8-10,12-13,16,20,30H,2-7,11H2,1H3,(H2,28,34)(H,31,32). The van der Waals surface area contributed by atoms with Crippen molar-refractivity contribution >= 4 is 33.9 Å². The summed E-state index contributed by atoms with van der Waals surface area (Å²) in [4.78, 5) is 22.7. The Labute approximate surface area is 201 Å². The van der Waals surface area contributed by atoms with Crippen molar-refractivity contribution in [2.45, 2.75) is 38.3 Å². The number of halogens is 2. The predicted molar refractivity (Wildman–Crippen MR) is 130 cm³/mol. The van der Waals surface area contributed by atoms with Crippen molar-refractivity contribution in [1.82, 2.24) is 15.3 Å². The lowest BCUT2D eigenvalue weighted by atomic mass is 10.0. The zero-order valence-electron chi connectivity index (χ0n) is 19.5. The van der Waals surface area contributed by atoms with Crippen LogP contribution in [0, 0.1) is 18.6 Å². The minimum absolute atomic E-state index is 0.00581. The number of benzene rings is 1. The van der Waals surface area contributed by atoms with E-state index in [9.17, 15) is 9.18 Å². The molecule has 1 amide bonds. The van der Waals surface area contributed by atoms with Gasteiger partial charge < -0.3 is 26.0 Å². The van der Waals surface area contributed by atoms with E-state index >= 15 is 4.39 Å². The van der Waals surface area contributed by atoms with Crippen molar-refractivity contribution in [3.63, 3.8) is 0 Å². The first-order valence-corrected chi connectivity index (χ1v) is 11.8. The number of carbonyl (C=O) groups excluding carboxylic acids is 1. The highest BCUT2D eigenvalue weighted by atomic mass is 19.1. The third-order valence-electron chi connectivity index (χ3n) is 6.74. The van der Waals surface area contributed by atoms with E-state index in [0.29, 0.717) is 43.1 Å². The number of anilines is 3. The van der Waals surface area contributed by atoms with Gasteiger partial charge in [0.2, 0.25) is 5.91 Å². The van der Waals surface area contributed by atoms with Gasteiger partial charge in [-0.3, -0.25) is 14.8 Å². The summed E-state index contributed by atoms with van der Waals surface area (Å²) in [5.41, 5.74) is 9.27. The number of nitrogens with two attached hydrogens (primary N) is 1. The maximum absolute atomic E-state index is 15.0. The predicted octanol–water partition coefficient (Wildman–Crippen LogP) is 2.95. The van der Waals surface area contributed by atoms with E-state index in [1.54, 1.807) is 12.4 Å². The number of primary amides is 1. The lowest BCUT2D eigenvalue weighted by molar-refractivity contribution is -0.119. The van der Waals surface area contributed by atoms with Gasteiger partial charge >= 0.3 is 0 Å². The summed E-state index contributed by atoms with van der Waals surface area (Å²) in [6, 6.07) is 3.69. The third kappa shape index (κ3) is 4.89. The Balaban J connectivity index is 1.51. The fourth-order valence-electron chi connectivity index (χ4n) is 4.88. The molecule has 4 heterocycles. The van der Waals surface area contributed by atoms with Crippen LogP contribution in [-0.2, 0) is 16.0 Å². The largest absolute Gasteiger partial charge is 0.378 e. The molecule has 184 valence electrons. The molecule has 2 aliphatic heterocycles. The van der Waals surface area contributed by atoms with E-state index in [1.165, 1.54) is 6.07 Å². The van der Waals surface area contributed by atoms with Crippen LogP contribution >= 0.6 is 0 Å². The summed E-state index contributed by atoms with van der Waals surface area (Å²) < 4.78 is 34.6. The third-order valence-corrected chi connectivity index (χ3v) is 6.74. The van der Waals surface area contributed by atoms with Gasteiger partial charge in [0.1, 0.15) is 11.6 Å². The number of nitrogens with one attached hydrogen (secondary N) is 2. The molecule has 0 radical (unpaired) electrons. The summed E-state index contributed by atoms with van der Waals surface area (Å²) in [6.45, 7) is 4.70. The van der Waals surface area contributed by atoms with Crippen LogP contribution in [0.3, 0.4) is 0 Å². The maximum Gasteiger partial charge on any atom is 0.234 e. The molecule has 2 aliphatic rings. The highest BCUT2D eigenvalue weighted by Crippen LogP contribution is 2.35. The van der Waals surface area contributed by atoms with E-state index < -0.39 is 11.6 Å². The molecule has 5 rings (SSSR count). The van der Waals surface area contributed by atoms with E-state index in [4.69, 9.17) is 10.5 Å². The van der Waals surface area contributed by atoms with E-state index in [0.717, 1.165) is 36.8 Å². The van der Waals surface area contributed by atoms with Gasteiger partial charge in [-0.15, -0.1) is 0 Å². The Morgan fingerprint density at radius 1 is 1.23 bits per heavy atom. The summed E-state index contributed by atoms with van der Waals surface area (Å²) in [5.74, 6) is -1.75. The molecular formula is C25H28F2N6O2. The summed E-state index contributed by atoms with van der Waals surface area (Å²) in [5, 5.41) is 6.79. The molecule has 2 fully saturated rings. The van der Waals surface area contributed by atoms with Crippen molar-refractivity contribution < 1.29 is 18.3 Å². The van der Waals surface area contributed by atoms with Crippen molar-refractivity contribution in [2.24, 2.45) is 5.73 Å². The molecule has 2 saturated heterocycles. The zero-order chi connectivity index (χ0) is 24.5. The number of hydrogen-bond acceptors (Lipinski definition) is 7. The molecule has 3 aromatic rings. The zero-order valence-corrected chi connectivity index (χ0v) is 19.5. The van der Waals surface area contributed by atoms with E-state index in [-0.39, 0.29) is 28.9 Å². The summed E-state index contributed by atoms with van der Waals surface area (Å²) in [7, 11) is 0. The van der Waals surface area contributed by atoms with Gasteiger partial charge in [0.15, 0.2) is 0 Å². The van der Waals surface area contributed by atoms with Crippen LogP contribution in [0.2, 0.25) is 0 Å². The van der Waals surface area contributed by atoms with Crippen LogP contribution < -0.4 is 21.3 Å². The number of aromatic nitrogens is 2. The lowest BCUT2D eigenvalue weighted by Crippen LogP contribution is -2.40. The monoisotopic (exact) mass is 482 g/mol. The van der Waals surface area contributed by atoms with Crippen molar-refractivity contribution in [2.75, 3.05) is 36.5 Å². The molecular weight excluding hydrogens is 454 g/mol. The van der Waals surface area contributed by atoms with Gasteiger partial charge in [0.25, 0.3) is 0 Å². The second kappa shape index (κ2) is 9.71. The number of pyridine rings is 2. The van der Waals surface area contributed by atoms with Gasteiger partial charge in [-0.25, -0.2) is 8.78 Å². The Kier molecular flexibility index (Phi) is 6.48. The molecule has 35 heavy (non-hydrogen) atoms. The van der Waals surface area contributed by atoms with Crippen LogP contribution in [0.15, 0.2) is 30.6 Å². The minimum Gasteiger partial charge on any atom is -0.378 e. The number of fused-ring (bicyclic) bond motifs is 1. The number of amides is 1. The molecule has 2 atom stereocenters. The smallest absolute Gasteiger partial charge is 0.234 e. The Morgan fingerprint density at radius 2 is 2.03 bits per heavy atom. The average Bonchev–Trinajstić information content (AvgIpc) is 3.31. The number of nitrogens with zero attached hydrogens (tertiary/aromatic N) is 3. The molecule has 1 aromatic carbocycles. The first kappa shape index (κ1) is 23.4. The number of carbonyl (C=O) groups is 1. The van der Waals surface area contributed by atoms with Crippen molar-refractivity contribution in [1.29, 1.82) is 0 Å². The van der Waals surface area contributed by atoms with Crippen molar-refractivity contribution in [3.05, 3.63) is 53.5 Å². The fraction of sp³-hybridized carbons (Fsp3) is 0.400. The second-order valence-electron chi connectivity index (χ2n) is 9.10. The topological polar surface area (TPSA) is 105 Å². The number of morpholine rings is 1. The Bertz CT molecular complexity index is 1260. The van der Waals surface area contributed by atoms with Crippen LogP contribution in [0.4, 0.5) is 25.8 Å². The molecule has 0 bridgehead atoms. The first-order valence-electron chi connectivity index (χ1n) is 11.8. The number of hydrogen-bond donors (Lipinski definition) is 3.